The number of carbonyl (C=O) groups excluding carboxylic acids is 1. The number of fused-ring (bicyclic) bond motifs is 3. The van der Waals surface area contributed by atoms with Crippen molar-refractivity contribution < 1.29 is 14.4 Å². The van der Waals surface area contributed by atoms with Crippen LogP contribution in [0, 0.1) is 0 Å². The summed E-state index contributed by atoms with van der Waals surface area (Å²) in [4.78, 5) is 14.1. The van der Waals surface area contributed by atoms with Crippen molar-refractivity contribution in [3.05, 3.63) is 30.0 Å². The molecule has 0 saturated carbocycles. The first-order valence-electron chi connectivity index (χ1n) is 11.4. The lowest BCUT2D eigenvalue weighted by Gasteiger charge is -2.47. The van der Waals surface area contributed by atoms with Gasteiger partial charge in [0.1, 0.15) is 0 Å². The number of nitrogens with zero attached hydrogens (tertiary/aromatic N) is 3. The molecule has 5 heteroatoms. The molecule has 1 aromatic carbocycles. The lowest BCUT2D eigenvalue weighted by Crippen LogP contribution is -2.55. The molecule has 4 rings (SSSR count). The molecule has 2 aromatic rings. The van der Waals surface area contributed by atoms with Crippen LogP contribution < -0.4 is 5.32 Å². The highest BCUT2D eigenvalue weighted by Gasteiger charge is 2.36. The van der Waals surface area contributed by atoms with Crippen LogP contribution in [0.3, 0.4) is 0 Å². The molecule has 0 radical (unpaired) electrons. The Bertz CT molecular complexity index is 963. The van der Waals surface area contributed by atoms with Crippen molar-refractivity contribution in [2.75, 3.05) is 6.98 Å². The molecule has 2 unspecified atom stereocenters. The minimum Gasteiger partial charge on any atom is -0.348 e. The number of hydrogen-bond acceptors (Lipinski definition) is 3. The molecule has 1 N–H and O–H groups in total. The molecule has 2 saturated heterocycles. The number of carbonyl (C=O) groups is 1. The summed E-state index contributed by atoms with van der Waals surface area (Å²) >= 11 is 0. The minimum absolute atomic E-state index is 0.0862. The maximum absolute atomic E-state index is 13.1. The average molecular weight is 319 g/mol. The number of benzene rings is 1. The van der Waals surface area contributed by atoms with Crippen molar-refractivity contribution in [1.29, 1.82) is 0 Å². The van der Waals surface area contributed by atoms with Crippen molar-refractivity contribution in [3.63, 3.8) is 0 Å². The van der Waals surface area contributed by atoms with Crippen molar-refractivity contribution in [1.82, 2.24) is 20.0 Å². The van der Waals surface area contributed by atoms with Gasteiger partial charge in [0, 0.05) is 40.2 Å². The van der Waals surface area contributed by atoms with Gasteiger partial charge in [0.2, 0.25) is 0 Å². The van der Waals surface area contributed by atoms with Gasteiger partial charge in [-0.2, -0.15) is 5.10 Å². The summed E-state index contributed by atoms with van der Waals surface area (Å²) < 4.78 is 59.7. The first-order valence-corrected chi connectivity index (χ1v) is 7.88. The zero-order valence-corrected chi connectivity index (χ0v) is 12.9. The normalized spacial score (nSPS) is 37.4. The highest BCUT2D eigenvalue weighted by atomic mass is 16.2. The SMILES string of the molecule is [2H]C1([2H])C2CCCC(N2C([2H])([2H])[2H])C([2H])([2H])C1NC(=O)c1nn(C)c2ccccc12. The van der Waals surface area contributed by atoms with Crippen molar-refractivity contribution in [2.24, 2.45) is 7.05 Å². The van der Waals surface area contributed by atoms with Gasteiger partial charge in [0.15, 0.2) is 5.69 Å². The van der Waals surface area contributed by atoms with Crippen molar-refractivity contribution in [2.45, 2.75) is 50.1 Å². The van der Waals surface area contributed by atoms with E-state index in [0.717, 1.165) is 10.4 Å². The lowest BCUT2D eigenvalue weighted by molar-refractivity contribution is 0.0462. The first kappa shape index (κ1) is 8.83. The maximum Gasteiger partial charge on any atom is 0.272 e. The van der Waals surface area contributed by atoms with Gasteiger partial charge in [-0.15, -0.1) is 0 Å². The fraction of sp³-hybridized carbons (Fsp3) is 0.556. The summed E-state index contributed by atoms with van der Waals surface area (Å²) in [7, 11) is 1.69. The Morgan fingerprint density at radius 1 is 1.35 bits per heavy atom. The molecule has 23 heavy (non-hydrogen) atoms. The Labute approximate surface area is 146 Å². The molecule has 1 aromatic heterocycles. The van der Waals surface area contributed by atoms with E-state index in [1.54, 1.807) is 29.9 Å². The smallest absolute Gasteiger partial charge is 0.272 e. The van der Waals surface area contributed by atoms with Gasteiger partial charge in [-0.1, -0.05) is 24.6 Å². The fourth-order valence-electron chi connectivity index (χ4n) is 3.42. The molecular weight excluding hydrogens is 288 g/mol. The lowest BCUT2D eigenvalue weighted by atomic mass is 9.82. The van der Waals surface area contributed by atoms with Gasteiger partial charge < -0.3 is 10.2 Å². The second kappa shape index (κ2) is 5.64. The quantitative estimate of drug-likeness (QED) is 0.924. The van der Waals surface area contributed by atoms with E-state index in [2.05, 4.69) is 10.4 Å². The number of piperidine rings is 2. The van der Waals surface area contributed by atoms with Crippen molar-refractivity contribution >= 4 is 16.8 Å². The standard InChI is InChI=1S/C18H24N4O/c1-21-13-6-5-7-14(21)11-12(10-13)19-18(23)17-15-8-3-4-9-16(15)22(2)20-17/h3-4,8-9,12-14H,5-7,10-11H2,1-2H3,(H,19,23)/i1D3,10D2,11D2. The third kappa shape index (κ3) is 2.53. The van der Waals surface area contributed by atoms with Crippen LogP contribution in [0.15, 0.2) is 24.3 Å². The van der Waals surface area contributed by atoms with Crippen molar-refractivity contribution in [3.8, 4) is 0 Å². The van der Waals surface area contributed by atoms with Crippen LogP contribution in [0.4, 0.5) is 0 Å². The first-order chi connectivity index (χ1) is 13.9. The molecule has 0 aliphatic carbocycles. The molecule has 122 valence electrons. The van der Waals surface area contributed by atoms with E-state index in [1.165, 1.54) is 0 Å². The van der Waals surface area contributed by atoms with Crippen LogP contribution in [0.2, 0.25) is 0 Å². The van der Waals surface area contributed by atoms with E-state index in [1.807, 2.05) is 6.07 Å². The van der Waals surface area contributed by atoms with Crippen LogP contribution in [-0.2, 0) is 7.05 Å². The number of aryl methyl sites for hydroxylation is 1. The largest absolute Gasteiger partial charge is 0.348 e. The number of rotatable bonds is 2. The zero-order valence-electron chi connectivity index (χ0n) is 19.9. The van der Waals surface area contributed by atoms with Gasteiger partial charge in [0.05, 0.1) is 5.52 Å². The Morgan fingerprint density at radius 3 is 2.83 bits per heavy atom. The summed E-state index contributed by atoms with van der Waals surface area (Å²) in [5.74, 6) is -0.676. The van der Waals surface area contributed by atoms with E-state index < -0.39 is 43.8 Å². The summed E-state index contributed by atoms with van der Waals surface area (Å²) in [5.41, 5.74) is 0.811. The van der Waals surface area contributed by atoms with Gasteiger partial charge in [-0.05, 0) is 38.6 Å². The van der Waals surface area contributed by atoms with Gasteiger partial charge in [0.25, 0.3) is 5.91 Å². The molecule has 2 atom stereocenters. The zero-order chi connectivity index (χ0) is 22.1. The minimum atomic E-state index is -2.62. The molecule has 1 amide bonds. The Kier molecular flexibility index (Phi) is 2.16. The number of para-hydroxylation sites is 1. The summed E-state index contributed by atoms with van der Waals surface area (Å²) in [6.07, 6.45) is -3.45. The Morgan fingerprint density at radius 2 is 2.09 bits per heavy atom. The number of amides is 1. The van der Waals surface area contributed by atoms with E-state index >= 15 is 0 Å². The summed E-state index contributed by atoms with van der Waals surface area (Å²) in [6, 6.07) is 3.57. The Hall–Kier alpha value is -1.88. The average Bonchev–Trinajstić information content (AvgIpc) is 3.01. The second-order valence-electron chi connectivity index (χ2n) is 6.10. The van der Waals surface area contributed by atoms with E-state index in [4.69, 9.17) is 9.60 Å². The topological polar surface area (TPSA) is 50.2 Å². The maximum atomic E-state index is 13.1. The van der Waals surface area contributed by atoms with Gasteiger partial charge >= 0.3 is 0 Å². The molecular formula is C18H24N4O. The van der Waals surface area contributed by atoms with Crippen LogP contribution in [0.1, 0.15) is 52.1 Å². The van der Waals surface area contributed by atoms with Crippen LogP contribution in [0.5, 0.6) is 0 Å². The molecule has 0 spiro atoms. The summed E-state index contributed by atoms with van der Waals surface area (Å²) in [6.45, 7) is -2.62. The molecule has 2 aliphatic heterocycles. The molecule has 2 fully saturated rings. The van der Waals surface area contributed by atoms with Crippen LogP contribution in [0.25, 0.3) is 10.9 Å². The van der Waals surface area contributed by atoms with Crippen LogP contribution in [-0.4, -0.2) is 45.7 Å². The van der Waals surface area contributed by atoms with E-state index in [9.17, 15) is 4.79 Å². The van der Waals surface area contributed by atoms with Gasteiger partial charge in [-0.25, -0.2) is 0 Å². The third-order valence-corrected chi connectivity index (χ3v) is 4.59. The number of hydrogen-bond donors (Lipinski definition) is 1. The van der Waals surface area contributed by atoms with Gasteiger partial charge in [-0.3, -0.25) is 9.48 Å². The number of nitrogens with one attached hydrogen (secondary N) is 1. The molecule has 5 nitrogen and oxygen atoms in total. The second-order valence-corrected chi connectivity index (χ2v) is 6.10. The fourth-order valence-corrected chi connectivity index (χ4v) is 3.42. The summed E-state index contributed by atoms with van der Waals surface area (Å²) in [5, 5.41) is 7.37. The predicted molar refractivity (Wildman–Crippen MR) is 90.4 cm³/mol. The molecule has 2 aliphatic rings. The highest BCUT2D eigenvalue weighted by Crippen LogP contribution is 2.32. The molecule has 2 bridgehead atoms. The predicted octanol–water partition coefficient (Wildman–Crippen LogP) is 2.32. The molecule has 3 heterocycles. The van der Waals surface area contributed by atoms with Crippen LogP contribution >= 0.6 is 0 Å². The van der Waals surface area contributed by atoms with E-state index in [-0.39, 0.29) is 18.5 Å². The monoisotopic (exact) mass is 319 g/mol. The van der Waals surface area contributed by atoms with E-state index in [0.29, 0.717) is 11.8 Å². The third-order valence-electron chi connectivity index (χ3n) is 4.59. The highest BCUT2D eigenvalue weighted by molar-refractivity contribution is 6.04. The number of aromatic nitrogens is 2. The Balaban J connectivity index is 1.72.